The third-order valence-electron chi connectivity index (χ3n) is 9.65. The van der Waals surface area contributed by atoms with Crippen LogP contribution in [0.25, 0.3) is 0 Å². The number of hydrogen-bond acceptors (Lipinski definition) is 3. The van der Waals surface area contributed by atoms with Crippen LogP contribution in [0.2, 0.25) is 0 Å². The summed E-state index contributed by atoms with van der Waals surface area (Å²) < 4.78 is 0. The summed E-state index contributed by atoms with van der Waals surface area (Å²) in [6.45, 7) is 5.94. The summed E-state index contributed by atoms with van der Waals surface area (Å²) in [7, 11) is 0. The fraction of sp³-hybridized carbons (Fsp3) is 0.613. The van der Waals surface area contributed by atoms with Gasteiger partial charge in [0.05, 0.1) is 5.60 Å². The highest BCUT2D eigenvalue weighted by Crippen LogP contribution is 2.49. The van der Waals surface area contributed by atoms with Crippen molar-refractivity contribution in [3.63, 3.8) is 0 Å². The maximum atomic E-state index is 11.8. The van der Waals surface area contributed by atoms with Gasteiger partial charge in [0.25, 0.3) is 0 Å². The van der Waals surface area contributed by atoms with Crippen LogP contribution >= 0.6 is 0 Å². The highest BCUT2D eigenvalue weighted by atomic mass is 16.3. The van der Waals surface area contributed by atoms with Crippen molar-refractivity contribution in [2.24, 2.45) is 11.8 Å². The van der Waals surface area contributed by atoms with E-state index in [1.54, 1.807) is 5.56 Å². The van der Waals surface area contributed by atoms with Crippen molar-refractivity contribution >= 4 is 0 Å². The summed E-state index contributed by atoms with van der Waals surface area (Å²) in [5.41, 5.74) is 3.53. The molecule has 0 amide bonds. The Labute approximate surface area is 206 Å². The Kier molecular flexibility index (Phi) is 6.53. The maximum absolute atomic E-state index is 11.8. The van der Waals surface area contributed by atoms with E-state index in [1.165, 1.54) is 76.6 Å². The molecule has 182 valence electrons. The summed E-state index contributed by atoms with van der Waals surface area (Å²) in [6.07, 6.45) is 11.3. The number of likely N-dealkylation sites (tertiary alicyclic amines) is 2. The molecule has 3 atom stereocenters. The summed E-state index contributed by atoms with van der Waals surface area (Å²) in [5, 5.41) is 11.8. The monoisotopic (exact) mass is 458 g/mol. The Morgan fingerprint density at radius 2 is 1.56 bits per heavy atom. The molecule has 0 bridgehead atoms. The van der Waals surface area contributed by atoms with E-state index < -0.39 is 5.60 Å². The smallest absolute Gasteiger partial charge is 0.0951 e. The molecule has 6 rings (SSSR count). The minimum absolute atomic E-state index is 0.386. The Balaban J connectivity index is 1.05. The molecule has 2 aromatic carbocycles. The molecular formula is C31H42N2O. The zero-order valence-corrected chi connectivity index (χ0v) is 20.7. The van der Waals surface area contributed by atoms with Crippen molar-refractivity contribution in [3.8, 4) is 0 Å². The topological polar surface area (TPSA) is 26.7 Å². The van der Waals surface area contributed by atoms with Crippen molar-refractivity contribution in [2.45, 2.75) is 81.9 Å². The zero-order valence-electron chi connectivity index (χ0n) is 20.7. The van der Waals surface area contributed by atoms with Crippen LogP contribution in [0, 0.1) is 11.8 Å². The molecule has 3 nitrogen and oxygen atoms in total. The average Bonchev–Trinajstić information content (AvgIpc) is 3.37. The van der Waals surface area contributed by atoms with Gasteiger partial charge < -0.3 is 5.11 Å². The molecule has 2 heterocycles. The third kappa shape index (κ3) is 4.47. The fourth-order valence-electron chi connectivity index (χ4n) is 7.67. The van der Waals surface area contributed by atoms with E-state index in [0.29, 0.717) is 12.0 Å². The molecular weight excluding hydrogens is 416 g/mol. The molecule has 0 spiro atoms. The highest BCUT2D eigenvalue weighted by Gasteiger charge is 2.49. The molecule has 1 N–H and O–H groups in total. The molecule has 34 heavy (non-hydrogen) atoms. The second kappa shape index (κ2) is 9.76. The van der Waals surface area contributed by atoms with Gasteiger partial charge in [-0.05, 0) is 86.6 Å². The first-order chi connectivity index (χ1) is 16.7. The predicted octanol–water partition coefficient (Wildman–Crippen LogP) is 5.93. The van der Waals surface area contributed by atoms with Gasteiger partial charge in [-0.15, -0.1) is 0 Å². The molecule has 4 aliphatic rings. The van der Waals surface area contributed by atoms with E-state index in [0.717, 1.165) is 36.9 Å². The Morgan fingerprint density at radius 3 is 2.32 bits per heavy atom. The van der Waals surface area contributed by atoms with Gasteiger partial charge in [0.2, 0.25) is 0 Å². The molecule has 3 heteroatoms. The number of hydrogen-bond donors (Lipinski definition) is 1. The van der Waals surface area contributed by atoms with E-state index in [-0.39, 0.29) is 0 Å². The minimum atomic E-state index is -0.637. The fourth-order valence-corrected chi connectivity index (χ4v) is 7.67. The molecule has 2 aromatic rings. The van der Waals surface area contributed by atoms with Gasteiger partial charge in [0.1, 0.15) is 0 Å². The lowest BCUT2D eigenvalue weighted by Crippen LogP contribution is -2.58. The lowest BCUT2D eigenvalue weighted by molar-refractivity contribution is -0.125. The molecule has 2 saturated heterocycles. The van der Waals surface area contributed by atoms with Gasteiger partial charge in [-0.1, -0.05) is 67.4 Å². The predicted molar refractivity (Wildman–Crippen MR) is 139 cm³/mol. The number of fused-ring (bicyclic) bond motifs is 1. The van der Waals surface area contributed by atoms with Crippen LogP contribution in [0.4, 0.5) is 0 Å². The maximum Gasteiger partial charge on any atom is 0.0951 e. The third-order valence-corrected chi connectivity index (χ3v) is 9.65. The second-order valence-electron chi connectivity index (χ2n) is 11.8. The van der Waals surface area contributed by atoms with Crippen LogP contribution < -0.4 is 0 Å². The van der Waals surface area contributed by atoms with Crippen LogP contribution in [0.15, 0.2) is 54.6 Å². The van der Waals surface area contributed by atoms with Crippen molar-refractivity contribution < 1.29 is 5.11 Å². The molecule has 0 aromatic heterocycles. The highest BCUT2D eigenvalue weighted by molar-refractivity contribution is 5.28. The van der Waals surface area contributed by atoms with Gasteiger partial charge >= 0.3 is 0 Å². The zero-order chi connectivity index (χ0) is 23.0. The van der Waals surface area contributed by atoms with Crippen molar-refractivity contribution in [1.82, 2.24) is 9.80 Å². The van der Waals surface area contributed by atoms with Crippen LogP contribution in [-0.2, 0) is 12.1 Å². The lowest BCUT2D eigenvalue weighted by atomic mass is 9.65. The normalized spacial score (nSPS) is 34.5. The van der Waals surface area contributed by atoms with Gasteiger partial charge in [-0.3, -0.25) is 9.80 Å². The summed E-state index contributed by atoms with van der Waals surface area (Å²) in [6, 6.07) is 20.7. The number of rotatable bonds is 6. The standard InChI is InChI=1S/C31H42N2O/c34-31(28-8-2-1-3-9-28)16-19-33(30-11-5-4-10-29(30)31)23-25-20-27(21-25)26-14-12-24(13-15-26)22-32-17-6-7-18-32/h1-3,8-9,12-15,25,27,29-30,34H,4-7,10-11,16-23H2/t25?,27?,29-,30-,31+/m0/s1. The number of benzene rings is 2. The number of aliphatic hydroxyl groups is 1. The number of nitrogens with zero attached hydrogens (tertiary/aromatic N) is 2. The van der Waals surface area contributed by atoms with Gasteiger partial charge in [0, 0.05) is 31.6 Å². The molecule has 0 unspecified atom stereocenters. The van der Waals surface area contributed by atoms with Gasteiger partial charge in [0.15, 0.2) is 0 Å². The van der Waals surface area contributed by atoms with Gasteiger partial charge in [-0.2, -0.15) is 0 Å². The first kappa shape index (κ1) is 22.8. The minimum Gasteiger partial charge on any atom is -0.385 e. The molecule has 2 aliphatic heterocycles. The first-order valence-electron chi connectivity index (χ1n) is 14.0. The summed E-state index contributed by atoms with van der Waals surface area (Å²) in [4.78, 5) is 5.37. The largest absolute Gasteiger partial charge is 0.385 e. The first-order valence-corrected chi connectivity index (χ1v) is 14.0. The molecule has 2 aliphatic carbocycles. The molecule has 0 radical (unpaired) electrons. The Hall–Kier alpha value is -1.68. The quantitative estimate of drug-likeness (QED) is 0.581. The van der Waals surface area contributed by atoms with Crippen LogP contribution in [0.5, 0.6) is 0 Å². The van der Waals surface area contributed by atoms with Crippen LogP contribution in [0.1, 0.15) is 80.4 Å². The van der Waals surface area contributed by atoms with E-state index in [1.807, 2.05) is 0 Å². The molecule has 4 fully saturated rings. The van der Waals surface area contributed by atoms with Gasteiger partial charge in [-0.25, -0.2) is 0 Å². The summed E-state index contributed by atoms with van der Waals surface area (Å²) >= 11 is 0. The van der Waals surface area contributed by atoms with Crippen molar-refractivity contribution in [2.75, 3.05) is 26.2 Å². The lowest BCUT2D eigenvalue weighted by Gasteiger charge is -2.54. The molecule has 2 saturated carbocycles. The Morgan fingerprint density at radius 1 is 0.824 bits per heavy atom. The van der Waals surface area contributed by atoms with E-state index in [2.05, 4.69) is 64.4 Å². The Bertz CT molecular complexity index is 932. The SMILES string of the molecule is O[C@@]1(c2ccccc2)CCN(CC2CC(c3ccc(CN4CCCC4)cc3)C2)[C@H]2CCCC[C@@H]21. The van der Waals surface area contributed by atoms with E-state index >= 15 is 0 Å². The second-order valence-corrected chi connectivity index (χ2v) is 11.8. The average molecular weight is 459 g/mol. The van der Waals surface area contributed by atoms with Crippen LogP contribution in [0.3, 0.4) is 0 Å². The van der Waals surface area contributed by atoms with E-state index in [9.17, 15) is 5.11 Å². The van der Waals surface area contributed by atoms with Crippen LogP contribution in [-0.4, -0.2) is 47.1 Å². The number of piperidine rings is 1. The van der Waals surface area contributed by atoms with E-state index in [4.69, 9.17) is 0 Å². The summed E-state index contributed by atoms with van der Waals surface area (Å²) in [5.74, 6) is 1.95. The van der Waals surface area contributed by atoms with Crippen molar-refractivity contribution in [3.05, 3.63) is 71.3 Å². The van der Waals surface area contributed by atoms with Crippen molar-refractivity contribution in [1.29, 1.82) is 0 Å².